The van der Waals surface area contributed by atoms with E-state index in [-0.39, 0.29) is 18.0 Å². The number of unbranched alkanes of at least 4 members (excludes halogenated alkanes) is 10. The molecule has 1 amide bonds. The molecular formula is C37H64N2O5. The number of hydrogen-bond acceptors (Lipinski definition) is 5. The third kappa shape index (κ3) is 28.1. The molecular weight excluding hydrogens is 552 g/mol. The van der Waals surface area contributed by atoms with Crippen molar-refractivity contribution in [1.29, 1.82) is 0 Å². The first kappa shape index (κ1) is 41.3. The molecule has 0 heterocycles. The first-order valence-corrected chi connectivity index (χ1v) is 17.5. The lowest BCUT2D eigenvalue weighted by Gasteiger charge is -2.15. The number of nitrogens with two attached hydrogens (primary N) is 1. The average molecular weight is 617 g/mol. The zero-order valence-corrected chi connectivity index (χ0v) is 28.0. The van der Waals surface area contributed by atoms with Crippen molar-refractivity contribution >= 4 is 17.8 Å². The molecule has 7 nitrogen and oxygen atoms in total. The molecule has 0 aromatic heterocycles. The van der Waals surface area contributed by atoms with Crippen LogP contribution < -0.4 is 11.1 Å². The third-order valence-electron chi connectivity index (χ3n) is 7.36. The van der Waals surface area contributed by atoms with Crippen molar-refractivity contribution in [3.8, 4) is 0 Å². The van der Waals surface area contributed by atoms with Gasteiger partial charge in [-0.25, -0.2) is 4.79 Å². The molecule has 4 N–H and O–H groups in total. The van der Waals surface area contributed by atoms with Crippen molar-refractivity contribution in [2.24, 2.45) is 5.73 Å². The molecule has 0 radical (unpaired) electrons. The summed E-state index contributed by atoms with van der Waals surface area (Å²) in [5.41, 5.74) is 5.46. The van der Waals surface area contributed by atoms with E-state index >= 15 is 0 Å². The fourth-order valence-corrected chi connectivity index (χ4v) is 4.72. The van der Waals surface area contributed by atoms with Crippen LogP contribution in [0.2, 0.25) is 0 Å². The lowest BCUT2D eigenvalue weighted by Crippen LogP contribution is -2.40. The predicted octanol–water partition coefficient (Wildman–Crippen LogP) is 8.88. The van der Waals surface area contributed by atoms with Crippen LogP contribution in [-0.2, 0) is 19.1 Å². The van der Waals surface area contributed by atoms with Gasteiger partial charge >= 0.3 is 11.9 Å². The number of carbonyl (C=O) groups is 3. The number of carbonyl (C=O) groups excluding carboxylic acids is 2. The van der Waals surface area contributed by atoms with Gasteiger partial charge in [-0.2, -0.15) is 0 Å². The summed E-state index contributed by atoms with van der Waals surface area (Å²) in [6, 6.07) is -0.876. The lowest BCUT2D eigenvalue weighted by molar-refractivity contribution is -0.147. The third-order valence-corrected chi connectivity index (χ3v) is 7.36. The molecule has 0 aliphatic carbocycles. The van der Waals surface area contributed by atoms with Gasteiger partial charge in [0.25, 0.3) is 0 Å². The first-order chi connectivity index (χ1) is 21.4. The summed E-state index contributed by atoms with van der Waals surface area (Å²) < 4.78 is 5.85. The molecule has 7 heteroatoms. The molecule has 0 bridgehead atoms. The summed E-state index contributed by atoms with van der Waals surface area (Å²) >= 11 is 0. The molecule has 0 aliphatic heterocycles. The van der Waals surface area contributed by atoms with Crippen LogP contribution in [0.1, 0.15) is 149 Å². The van der Waals surface area contributed by atoms with E-state index in [1.165, 1.54) is 32.1 Å². The summed E-state index contributed by atoms with van der Waals surface area (Å²) in [4.78, 5) is 36.1. The van der Waals surface area contributed by atoms with Crippen LogP contribution in [-0.4, -0.2) is 41.6 Å². The van der Waals surface area contributed by atoms with Gasteiger partial charge in [-0.15, -0.1) is 0 Å². The molecule has 2 atom stereocenters. The zero-order valence-electron chi connectivity index (χ0n) is 28.0. The average Bonchev–Trinajstić information content (AvgIpc) is 3.00. The molecule has 0 aromatic carbocycles. The minimum Gasteiger partial charge on any atom is -0.480 e. The van der Waals surface area contributed by atoms with E-state index in [2.05, 4.69) is 61.7 Å². The maximum atomic E-state index is 12.6. The highest BCUT2D eigenvalue weighted by molar-refractivity contribution is 5.83. The Morgan fingerprint density at radius 2 is 1.32 bits per heavy atom. The standard InChI is InChI=1S/C37H64N2O5/c1-3-5-7-9-11-13-14-15-17-19-25-31-36(41)44-33(27-22-18-16-12-10-8-6-4-2)28-23-20-21-24-30-35(40)39-34(37(42)43)29-26-32-38/h6,8-9,11-12,16,22,27,33-34H,3-5,7,10,13-15,17-21,23-26,28-32,38H2,1-2H3,(H,39,40)(H,42,43)/b8-6-,11-9-,16-12-,27-22-. The summed E-state index contributed by atoms with van der Waals surface area (Å²) in [5.74, 6) is -1.38. The Morgan fingerprint density at radius 3 is 2.00 bits per heavy atom. The van der Waals surface area contributed by atoms with Crippen LogP contribution >= 0.6 is 0 Å². The van der Waals surface area contributed by atoms with Crippen LogP contribution in [0.25, 0.3) is 0 Å². The quantitative estimate of drug-likeness (QED) is 0.0421. The number of rotatable bonds is 30. The lowest BCUT2D eigenvalue weighted by atomic mass is 10.1. The van der Waals surface area contributed by atoms with Crippen molar-refractivity contribution in [3.05, 3.63) is 48.6 Å². The van der Waals surface area contributed by atoms with Gasteiger partial charge in [0, 0.05) is 12.8 Å². The highest BCUT2D eigenvalue weighted by Gasteiger charge is 2.18. The van der Waals surface area contributed by atoms with E-state index in [1.54, 1.807) is 0 Å². The fourth-order valence-electron chi connectivity index (χ4n) is 4.72. The second kappa shape index (κ2) is 31.7. The van der Waals surface area contributed by atoms with E-state index < -0.39 is 12.0 Å². The summed E-state index contributed by atoms with van der Waals surface area (Å²) in [5, 5.41) is 11.9. The maximum Gasteiger partial charge on any atom is 0.326 e. The van der Waals surface area contributed by atoms with Crippen molar-refractivity contribution in [2.45, 2.75) is 161 Å². The van der Waals surface area contributed by atoms with Crippen LogP contribution in [0.4, 0.5) is 0 Å². The van der Waals surface area contributed by atoms with Crippen LogP contribution in [0.15, 0.2) is 48.6 Å². The Kier molecular flexibility index (Phi) is 29.8. The minimum absolute atomic E-state index is 0.127. The fraction of sp³-hybridized carbons (Fsp3) is 0.703. The molecule has 2 unspecified atom stereocenters. The molecule has 0 rings (SSSR count). The number of hydrogen-bond donors (Lipinski definition) is 3. The van der Waals surface area contributed by atoms with Gasteiger partial charge in [0.1, 0.15) is 12.1 Å². The van der Waals surface area contributed by atoms with Gasteiger partial charge in [-0.05, 0) is 89.7 Å². The molecule has 0 spiro atoms. The number of allylic oxidation sites excluding steroid dienone is 7. The van der Waals surface area contributed by atoms with E-state index in [0.717, 1.165) is 70.6 Å². The molecule has 252 valence electrons. The second-order valence-corrected chi connectivity index (χ2v) is 11.5. The monoisotopic (exact) mass is 616 g/mol. The van der Waals surface area contributed by atoms with Crippen LogP contribution in [0.3, 0.4) is 0 Å². The molecule has 0 saturated carbocycles. The Labute approximate surface area is 268 Å². The Morgan fingerprint density at radius 1 is 0.705 bits per heavy atom. The number of carboxylic acid groups (broad SMARTS) is 1. The first-order valence-electron chi connectivity index (χ1n) is 17.5. The van der Waals surface area contributed by atoms with Crippen LogP contribution in [0.5, 0.6) is 0 Å². The number of esters is 1. The smallest absolute Gasteiger partial charge is 0.326 e. The number of nitrogens with one attached hydrogen (secondary N) is 1. The Balaban J connectivity index is 4.45. The van der Waals surface area contributed by atoms with Crippen LogP contribution in [0, 0.1) is 0 Å². The summed E-state index contributed by atoms with van der Waals surface area (Å²) in [6.45, 7) is 4.74. The minimum atomic E-state index is -1.02. The molecule has 0 aliphatic rings. The number of carboxylic acids is 1. The Hall–Kier alpha value is -2.67. The van der Waals surface area contributed by atoms with Gasteiger partial charge in [0.2, 0.25) is 5.91 Å². The van der Waals surface area contributed by atoms with E-state index in [4.69, 9.17) is 10.5 Å². The van der Waals surface area contributed by atoms with Crippen molar-refractivity contribution in [3.63, 3.8) is 0 Å². The molecule has 44 heavy (non-hydrogen) atoms. The highest BCUT2D eigenvalue weighted by Crippen LogP contribution is 2.14. The predicted molar refractivity (Wildman–Crippen MR) is 183 cm³/mol. The Bertz CT molecular complexity index is 834. The zero-order chi connectivity index (χ0) is 32.5. The molecule has 0 fully saturated rings. The number of aliphatic carboxylic acids is 1. The van der Waals surface area contributed by atoms with Crippen molar-refractivity contribution in [2.75, 3.05) is 6.54 Å². The number of amides is 1. The topological polar surface area (TPSA) is 119 Å². The summed E-state index contributed by atoms with van der Waals surface area (Å²) in [6.07, 6.45) is 36.0. The van der Waals surface area contributed by atoms with Gasteiger partial charge in [-0.1, -0.05) is 101 Å². The largest absolute Gasteiger partial charge is 0.480 e. The second-order valence-electron chi connectivity index (χ2n) is 11.5. The van der Waals surface area contributed by atoms with Gasteiger partial charge in [-0.3, -0.25) is 9.59 Å². The SMILES string of the molecule is CC/C=C\C/C=C\C/C=C\C(CCCCCCC(=O)NC(CCCN)C(=O)O)OC(=O)CCCCCCC/C=C\CCCC. The summed E-state index contributed by atoms with van der Waals surface area (Å²) in [7, 11) is 0. The van der Waals surface area contributed by atoms with Gasteiger partial charge in [0.15, 0.2) is 0 Å². The number of ether oxygens (including phenoxy) is 1. The van der Waals surface area contributed by atoms with Gasteiger partial charge in [0.05, 0.1) is 0 Å². The maximum absolute atomic E-state index is 12.6. The highest BCUT2D eigenvalue weighted by atomic mass is 16.5. The van der Waals surface area contributed by atoms with E-state index in [9.17, 15) is 19.5 Å². The molecule has 0 aromatic rings. The normalized spacial score (nSPS) is 13.3. The van der Waals surface area contributed by atoms with Gasteiger partial charge < -0.3 is 20.9 Å². The van der Waals surface area contributed by atoms with E-state index in [0.29, 0.717) is 38.6 Å². The van der Waals surface area contributed by atoms with Crippen molar-refractivity contribution < 1.29 is 24.2 Å². The van der Waals surface area contributed by atoms with Crippen molar-refractivity contribution in [1.82, 2.24) is 5.32 Å². The van der Waals surface area contributed by atoms with E-state index in [1.807, 2.05) is 6.08 Å². The molecule has 0 saturated heterocycles.